The number of halogens is 1. The Hall–Kier alpha value is -2.94. The summed E-state index contributed by atoms with van der Waals surface area (Å²) in [6.07, 6.45) is 1.62. The van der Waals surface area contributed by atoms with Crippen molar-refractivity contribution in [2.75, 3.05) is 0 Å². The summed E-state index contributed by atoms with van der Waals surface area (Å²) in [5.41, 5.74) is 4.30. The standard InChI is InChI=1S/C21H17ClN4O/c22-18-6-4-15(5-7-18)11-26-14-24-20-13-25(12-19(20)21(26)27)10-17-3-1-2-16(8-17)9-23/h1-8,14H,10-13H2. The van der Waals surface area contributed by atoms with Crippen molar-refractivity contribution >= 4 is 11.6 Å². The Balaban J connectivity index is 1.52. The first-order chi connectivity index (χ1) is 13.1. The third kappa shape index (κ3) is 3.77. The van der Waals surface area contributed by atoms with Crippen LogP contribution in [0.15, 0.2) is 59.7 Å². The van der Waals surface area contributed by atoms with Gasteiger partial charge in [-0.05, 0) is 35.4 Å². The summed E-state index contributed by atoms with van der Waals surface area (Å²) in [6.45, 7) is 2.37. The van der Waals surface area contributed by atoms with Crippen LogP contribution in [0.5, 0.6) is 0 Å². The maximum Gasteiger partial charge on any atom is 0.258 e. The molecule has 0 radical (unpaired) electrons. The zero-order valence-electron chi connectivity index (χ0n) is 14.6. The van der Waals surface area contributed by atoms with Crippen molar-refractivity contribution in [1.82, 2.24) is 14.5 Å². The molecule has 2 aromatic carbocycles. The Morgan fingerprint density at radius 1 is 1.07 bits per heavy atom. The number of nitrogens with zero attached hydrogens (tertiary/aromatic N) is 4. The largest absolute Gasteiger partial charge is 0.294 e. The number of hydrogen-bond donors (Lipinski definition) is 0. The van der Waals surface area contributed by atoms with Crippen LogP contribution >= 0.6 is 11.6 Å². The first-order valence-electron chi connectivity index (χ1n) is 8.65. The zero-order chi connectivity index (χ0) is 18.8. The molecule has 0 fully saturated rings. The van der Waals surface area contributed by atoms with Crippen LogP contribution in [0.2, 0.25) is 5.02 Å². The Labute approximate surface area is 162 Å². The number of benzene rings is 2. The molecular formula is C21H17ClN4O. The Bertz CT molecular complexity index is 1080. The van der Waals surface area contributed by atoms with Crippen molar-refractivity contribution in [3.8, 4) is 6.07 Å². The van der Waals surface area contributed by atoms with Gasteiger partial charge in [-0.3, -0.25) is 14.3 Å². The summed E-state index contributed by atoms with van der Waals surface area (Å²) in [6, 6.07) is 17.2. The number of nitriles is 1. The lowest BCUT2D eigenvalue weighted by atomic mass is 10.1. The fraction of sp³-hybridized carbons (Fsp3) is 0.190. The topological polar surface area (TPSA) is 61.9 Å². The van der Waals surface area contributed by atoms with E-state index in [2.05, 4.69) is 16.0 Å². The van der Waals surface area contributed by atoms with Gasteiger partial charge >= 0.3 is 0 Å². The van der Waals surface area contributed by atoms with Gasteiger partial charge in [-0.2, -0.15) is 5.26 Å². The molecule has 27 heavy (non-hydrogen) atoms. The average Bonchev–Trinajstić information content (AvgIpc) is 3.09. The molecule has 0 spiro atoms. The monoisotopic (exact) mass is 376 g/mol. The summed E-state index contributed by atoms with van der Waals surface area (Å²) >= 11 is 5.92. The molecule has 5 nitrogen and oxygen atoms in total. The number of fused-ring (bicyclic) bond motifs is 1. The second kappa shape index (κ2) is 7.36. The quantitative estimate of drug-likeness (QED) is 0.700. The molecule has 0 bridgehead atoms. The molecule has 4 rings (SSSR count). The van der Waals surface area contributed by atoms with Crippen LogP contribution in [-0.4, -0.2) is 14.5 Å². The predicted molar refractivity (Wildman–Crippen MR) is 103 cm³/mol. The van der Waals surface area contributed by atoms with Crippen LogP contribution in [0.25, 0.3) is 0 Å². The van der Waals surface area contributed by atoms with Crippen LogP contribution in [0.4, 0.5) is 0 Å². The van der Waals surface area contributed by atoms with E-state index in [-0.39, 0.29) is 5.56 Å². The van der Waals surface area contributed by atoms with Crippen molar-refractivity contribution in [2.45, 2.75) is 26.2 Å². The smallest absolute Gasteiger partial charge is 0.258 e. The lowest BCUT2D eigenvalue weighted by molar-refractivity contribution is 0.273. The van der Waals surface area contributed by atoms with Crippen molar-refractivity contribution < 1.29 is 0 Å². The maximum atomic E-state index is 12.9. The van der Waals surface area contributed by atoms with Crippen LogP contribution in [-0.2, 0) is 26.2 Å². The molecule has 0 amide bonds. The minimum atomic E-state index is 0.00299. The summed E-state index contributed by atoms with van der Waals surface area (Å²) in [5, 5.41) is 9.72. The van der Waals surface area contributed by atoms with Crippen molar-refractivity contribution in [3.63, 3.8) is 0 Å². The highest BCUT2D eigenvalue weighted by atomic mass is 35.5. The lowest BCUT2D eigenvalue weighted by Gasteiger charge is -2.14. The minimum absolute atomic E-state index is 0.00299. The molecule has 6 heteroatoms. The molecule has 0 aliphatic carbocycles. The van der Waals surface area contributed by atoms with E-state index in [0.717, 1.165) is 22.4 Å². The SMILES string of the molecule is N#Cc1cccc(CN2Cc3ncn(Cc4ccc(Cl)cc4)c(=O)c3C2)c1. The summed E-state index contributed by atoms with van der Waals surface area (Å²) in [7, 11) is 0. The van der Waals surface area contributed by atoms with Gasteiger partial charge in [-0.25, -0.2) is 4.98 Å². The van der Waals surface area contributed by atoms with E-state index < -0.39 is 0 Å². The molecule has 3 aromatic rings. The normalized spacial score (nSPS) is 13.3. The summed E-state index contributed by atoms with van der Waals surface area (Å²) < 4.78 is 1.64. The highest BCUT2D eigenvalue weighted by Gasteiger charge is 2.24. The van der Waals surface area contributed by atoms with Crippen molar-refractivity contribution in [3.05, 3.63) is 98.2 Å². The number of rotatable bonds is 4. The molecule has 0 unspecified atom stereocenters. The van der Waals surface area contributed by atoms with Crippen molar-refractivity contribution in [1.29, 1.82) is 5.26 Å². The molecule has 1 aliphatic heterocycles. The number of hydrogen-bond acceptors (Lipinski definition) is 4. The first kappa shape index (κ1) is 17.5. The van der Waals surface area contributed by atoms with E-state index in [1.807, 2.05) is 42.5 Å². The highest BCUT2D eigenvalue weighted by molar-refractivity contribution is 6.30. The molecule has 2 heterocycles. The second-order valence-electron chi connectivity index (χ2n) is 6.69. The fourth-order valence-corrected chi connectivity index (χ4v) is 3.49. The van der Waals surface area contributed by atoms with E-state index in [9.17, 15) is 4.79 Å². The third-order valence-corrected chi connectivity index (χ3v) is 4.96. The van der Waals surface area contributed by atoms with E-state index in [4.69, 9.17) is 16.9 Å². The molecule has 0 saturated heterocycles. The summed E-state index contributed by atoms with van der Waals surface area (Å²) in [5.74, 6) is 0. The predicted octanol–water partition coefficient (Wildman–Crippen LogP) is 3.33. The van der Waals surface area contributed by atoms with E-state index in [1.165, 1.54) is 0 Å². The van der Waals surface area contributed by atoms with Crippen LogP contribution in [0, 0.1) is 11.3 Å². The molecule has 134 valence electrons. The van der Waals surface area contributed by atoms with Crippen LogP contribution < -0.4 is 5.56 Å². The lowest BCUT2D eigenvalue weighted by Crippen LogP contribution is -2.25. The van der Waals surface area contributed by atoms with Gasteiger partial charge in [0.25, 0.3) is 5.56 Å². The van der Waals surface area contributed by atoms with Gasteiger partial charge in [0.2, 0.25) is 0 Å². The Morgan fingerprint density at radius 2 is 1.89 bits per heavy atom. The van der Waals surface area contributed by atoms with Crippen LogP contribution in [0.1, 0.15) is 27.9 Å². The fourth-order valence-electron chi connectivity index (χ4n) is 3.36. The summed E-state index contributed by atoms with van der Waals surface area (Å²) in [4.78, 5) is 19.5. The molecular weight excluding hydrogens is 360 g/mol. The molecule has 1 aromatic heterocycles. The molecule has 1 aliphatic rings. The van der Waals surface area contributed by atoms with E-state index >= 15 is 0 Å². The van der Waals surface area contributed by atoms with Gasteiger partial charge in [-0.15, -0.1) is 0 Å². The highest BCUT2D eigenvalue weighted by Crippen LogP contribution is 2.20. The van der Waals surface area contributed by atoms with Gasteiger partial charge < -0.3 is 0 Å². The van der Waals surface area contributed by atoms with Gasteiger partial charge in [0.15, 0.2) is 0 Å². The Morgan fingerprint density at radius 3 is 2.67 bits per heavy atom. The second-order valence-corrected chi connectivity index (χ2v) is 7.12. The molecule has 0 N–H and O–H groups in total. The first-order valence-corrected chi connectivity index (χ1v) is 9.03. The number of aromatic nitrogens is 2. The van der Waals surface area contributed by atoms with Gasteiger partial charge in [0.1, 0.15) is 0 Å². The average molecular weight is 377 g/mol. The van der Waals surface area contributed by atoms with Gasteiger partial charge in [0, 0.05) is 24.7 Å². The zero-order valence-corrected chi connectivity index (χ0v) is 15.4. The van der Waals surface area contributed by atoms with Gasteiger partial charge in [-0.1, -0.05) is 35.9 Å². The van der Waals surface area contributed by atoms with E-state index in [0.29, 0.717) is 36.8 Å². The van der Waals surface area contributed by atoms with E-state index in [1.54, 1.807) is 17.0 Å². The molecule has 0 saturated carbocycles. The molecule has 0 atom stereocenters. The third-order valence-electron chi connectivity index (χ3n) is 4.70. The van der Waals surface area contributed by atoms with Crippen molar-refractivity contribution in [2.24, 2.45) is 0 Å². The maximum absolute atomic E-state index is 12.9. The van der Waals surface area contributed by atoms with Gasteiger partial charge in [0.05, 0.1) is 35.8 Å². The Kier molecular flexibility index (Phi) is 4.76. The van der Waals surface area contributed by atoms with Crippen LogP contribution in [0.3, 0.4) is 0 Å². The minimum Gasteiger partial charge on any atom is -0.294 e.